The van der Waals surface area contributed by atoms with Gasteiger partial charge in [-0.2, -0.15) is 9.97 Å². The second-order valence-corrected chi connectivity index (χ2v) is 12.9. The maximum Gasteiger partial charge on any atom is 0.238 e. The number of hydrogen-bond donors (Lipinski definition) is 0. The number of rotatable bonds is 4. The first kappa shape index (κ1) is 26.9. The average molecular weight is 632 g/mol. The first-order valence-electron chi connectivity index (χ1n) is 15.9. The van der Waals surface area contributed by atoms with Crippen molar-refractivity contribution >= 4 is 64.9 Å². The highest BCUT2D eigenvalue weighted by Crippen LogP contribution is 2.46. The van der Waals surface area contributed by atoms with Crippen LogP contribution >= 0.6 is 11.3 Å². The van der Waals surface area contributed by atoms with Crippen molar-refractivity contribution in [1.29, 1.82) is 0 Å². The molecule has 7 aromatic carbocycles. The van der Waals surface area contributed by atoms with Crippen LogP contribution in [0.1, 0.15) is 0 Å². The van der Waals surface area contributed by atoms with Gasteiger partial charge in [0, 0.05) is 32.8 Å². The molecule has 0 aliphatic carbocycles. The highest BCUT2D eigenvalue weighted by molar-refractivity contribution is 7.22. The van der Waals surface area contributed by atoms with Crippen LogP contribution in [0.3, 0.4) is 0 Å². The molecule has 0 aliphatic rings. The van der Waals surface area contributed by atoms with E-state index < -0.39 is 0 Å². The lowest BCUT2D eigenvalue weighted by Gasteiger charge is -2.13. The van der Waals surface area contributed by atoms with Gasteiger partial charge in [0.05, 0.1) is 21.3 Å². The van der Waals surface area contributed by atoms with E-state index in [9.17, 15) is 0 Å². The fourth-order valence-corrected chi connectivity index (χ4v) is 8.07. The Morgan fingerprint density at radius 1 is 0.417 bits per heavy atom. The predicted octanol–water partition coefficient (Wildman–Crippen LogP) is 10.9. The lowest BCUT2D eigenvalue weighted by atomic mass is 9.97. The highest BCUT2D eigenvalue weighted by atomic mass is 32.1. The average Bonchev–Trinajstić information content (AvgIpc) is 3.76. The number of thiazole rings is 1. The van der Waals surface area contributed by atoms with Crippen molar-refractivity contribution in [2.45, 2.75) is 0 Å². The van der Waals surface area contributed by atoms with Gasteiger partial charge >= 0.3 is 0 Å². The third kappa shape index (κ3) is 4.10. The van der Waals surface area contributed by atoms with Crippen molar-refractivity contribution in [3.05, 3.63) is 152 Å². The molecule has 10 aromatic rings. The van der Waals surface area contributed by atoms with Crippen LogP contribution in [0, 0.1) is 0 Å². The molecule has 0 unspecified atom stereocenters. The van der Waals surface area contributed by atoms with Crippen molar-refractivity contribution in [3.8, 4) is 39.3 Å². The number of aromatic nitrogens is 5. The highest BCUT2D eigenvalue weighted by Gasteiger charge is 2.24. The van der Waals surface area contributed by atoms with Crippen molar-refractivity contribution in [2.75, 3.05) is 0 Å². The molecule has 5 nitrogen and oxygen atoms in total. The van der Waals surface area contributed by atoms with E-state index in [1.54, 1.807) is 11.3 Å². The summed E-state index contributed by atoms with van der Waals surface area (Å²) in [6, 6.07) is 52.4. The third-order valence-corrected chi connectivity index (χ3v) is 10.2. The van der Waals surface area contributed by atoms with Gasteiger partial charge in [-0.05, 0) is 28.3 Å². The number of nitrogens with zero attached hydrogens (tertiary/aromatic N) is 5. The van der Waals surface area contributed by atoms with Gasteiger partial charge in [-0.25, -0.2) is 9.97 Å². The quantitative estimate of drug-likeness (QED) is 0.181. The summed E-state index contributed by atoms with van der Waals surface area (Å²) < 4.78 is 3.40. The maximum absolute atomic E-state index is 5.22. The second-order valence-electron chi connectivity index (χ2n) is 11.9. The Morgan fingerprint density at radius 3 is 1.56 bits per heavy atom. The molecule has 0 fully saturated rings. The molecule has 0 N–H and O–H groups in total. The van der Waals surface area contributed by atoms with Gasteiger partial charge in [-0.3, -0.25) is 4.57 Å². The summed E-state index contributed by atoms with van der Waals surface area (Å²) in [6.45, 7) is 0. The van der Waals surface area contributed by atoms with Crippen LogP contribution in [0.5, 0.6) is 0 Å². The summed E-state index contributed by atoms with van der Waals surface area (Å²) in [5.74, 6) is 1.84. The third-order valence-electron chi connectivity index (χ3n) is 9.06. The van der Waals surface area contributed by atoms with Crippen molar-refractivity contribution < 1.29 is 0 Å². The molecular formula is C42H25N5S. The molecule has 0 bridgehead atoms. The summed E-state index contributed by atoms with van der Waals surface area (Å²) in [6.07, 6.45) is 0. The Bertz CT molecular complexity index is 2770. The molecule has 0 aliphatic heterocycles. The minimum Gasteiger partial charge on any atom is -0.277 e. The molecule has 224 valence electrons. The predicted molar refractivity (Wildman–Crippen MR) is 199 cm³/mol. The molecule has 10 rings (SSSR count). The van der Waals surface area contributed by atoms with E-state index in [2.05, 4.69) is 114 Å². The van der Waals surface area contributed by atoms with Crippen molar-refractivity contribution in [3.63, 3.8) is 0 Å². The molecule has 0 saturated heterocycles. The summed E-state index contributed by atoms with van der Waals surface area (Å²) >= 11 is 1.74. The SMILES string of the molecule is c1ccc(-c2nc(-c3ccccc3)nc(-n3c4ccc5nc(-c6ccccc6)sc5c4c4c5ccccc5c5ccccc5c43)n2)cc1. The standard InChI is InChI=1S/C42H25N5S/c1-4-14-26(15-5-1)39-44-40(27-16-6-2-7-17-27)46-42(45-39)47-34-25-24-33-38(48-41(43-33)28-18-8-3-9-19-28)36(34)35-31-22-12-10-20-29(31)30-21-11-13-23-32(30)37(35)47/h1-25H. The monoisotopic (exact) mass is 631 g/mol. The van der Waals surface area contributed by atoms with Crippen LogP contribution in [0.25, 0.3) is 92.9 Å². The lowest BCUT2D eigenvalue weighted by Crippen LogP contribution is -2.06. The van der Waals surface area contributed by atoms with Gasteiger partial charge in [0.25, 0.3) is 0 Å². The minimum atomic E-state index is 0.579. The van der Waals surface area contributed by atoms with Crippen molar-refractivity contribution in [1.82, 2.24) is 24.5 Å². The van der Waals surface area contributed by atoms with Crippen LogP contribution in [0.2, 0.25) is 0 Å². The molecule has 0 atom stereocenters. The van der Waals surface area contributed by atoms with Gasteiger partial charge in [0.1, 0.15) is 5.01 Å². The van der Waals surface area contributed by atoms with E-state index in [4.69, 9.17) is 19.9 Å². The number of hydrogen-bond acceptors (Lipinski definition) is 5. The van der Waals surface area contributed by atoms with Gasteiger partial charge in [-0.1, -0.05) is 140 Å². The molecule has 0 spiro atoms. The van der Waals surface area contributed by atoms with E-state index >= 15 is 0 Å². The number of benzene rings is 7. The van der Waals surface area contributed by atoms with Gasteiger partial charge in [0.15, 0.2) is 11.6 Å². The van der Waals surface area contributed by atoms with Crippen LogP contribution in [-0.2, 0) is 0 Å². The smallest absolute Gasteiger partial charge is 0.238 e. The zero-order chi connectivity index (χ0) is 31.6. The van der Waals surface area contributed by atoms with E-state index in [0.717, 1.165) is 53.7 Å². The molecule has 3 heterocycles. The topological polar surface area (TPSA) is 56.5 Å². The number of fused-ring (bicyclic) bond motifs is 10. The summed E-state index contributed by atoms with van der Waals surface area (Å²) in [5, 5.41) is 8.08. The van der Waals surface area contributed by atoms with Crippen molar-refractivity contribution in [2.24, 2.45) is 0 Å². The molecule has 0 amide bonds. The molecule has 0 radical (unpaired) electrons. The lowest BCUT2D eigenvalue weighted by molar-refractivity contribution is 0.955. The zero-order valence-electron chi connectivity index (χ0n) is 25.6. The molecule has 0 saturated carbocycles. The largest absolute Gasteiger partial charge is 0.277 e. The Hall–Kier alpha value is -6.24. The summed E-state index contributed by atoms with van der Waals surface area (Å²) in [4.78, 5) is 20.6. The fourth-order valence-electron chi connectivity index (χ4n) is 6.95. The Kier molecular flexibility index (Phi) is 5.98. The summed E-state index contributed by atoms with van der Waals surface area (Å²) in [5.41, 5.74) is 6.08. The molecule has 48 heavy (non-hydrogen) atoms. The Balaban J connectivity index is 1.40. The first-order chi connectivity index (χ1) is 23.8. The van der Waals surface area contributed by atoms with E-state index in [-0.39, 0.29) is 0 Å². The Labute approximate surface area is 279 Å². The van der Waals surface area contributed by atoms with Crippen LogP contribution < -0.4 is 0 Å². The summed E-state index contributed by atoms with van der Waals surface area (Å²) in [7, 11) is 0. The first-order valence-corrected chi connectivity index (χ1v) is 16.7. The van der Waals surface area contributed by atoms with Crippen LogP contribution in [-0.4, -0.2) is 24.5 Å². The van der Waals surface area contributed by atoms with Crippen LogP contribution in [0.15, 0.2) is 152 Å². The zero-order valence-corrected chi connectivity index (χ0v) is 26.4. The molecule has 3 aromatic heterocycles. The van der Waals surface area contributed by atoms with E-state index in [0.29, 0.717) is 17.6 Å². The normalized spacial score (nSPS) is 11.8. The Morgan fingerprint density at radius 2 is 0.938 bits per heavy atom. The van der Waals surface area contributed by atoms with E-state index in [1.807, 2.05) is 42.5 Å². The minimum absolute atomic E-state index is 0.579. The van der Waals surface area contributed by atoms with Crippen LogP contribution in [0.4, 0.5) is 0 Å². The van der Waals surface area contributed by atoms with Gasteiger partial charge in [-0.15, -0.1) is 11.3 Å². The fraction of sp³-hybridized carbons (Fsp3) is 0. The molecular weight excluding hydrogens is 607 g/mol. The van der Waals surface area contributed by atoms with Gasteiger partial charge < -0.3 is 0 Å². The van der Waals surface area contributed by atoms with E-state index in [1.165, 1.54) is 21.5 Å². The second kappa shape index (κ2) is 10.7. The van der Waals surface area contributed by atoms with Gasteiger partial charge in [0.2, 0.25) is 5.95 Å². The maximum atomic E-state index is 5.22. The molecule has 6 heteroatoms.